The molecule has 1 N–H and O–H groups in total. The summed E-state index contributed by atoms with van der Waals surface area (Å²) in [4.78, 5) is 26.6. The lowest BCUT2D eigenvalue weighted by atomic mass is 9.96. The Morgan fingerprint density at radius 1 is 1.29 bits per heavy atom. The van der Waals surface area contributed by atoms with Gasteiger partial charge in [0.1, 0.15) is 6.61 Å². The van der Waals surface area contributed by atoms with E-state index in [9.17, 15) is 9.59 Å². The Kier molecular flexibility index (Phi) is 4.85. The molecule has 120 valence electrons. The van der Waals surface area contributed by atoms with Crippen LogP contribution in [0.4, 0.5) is 0 Å². The number of hydrogen-bond acceptors (Lipinski definition) is 5. The molecule has 2 heterocycles. The quantitative estimate of drug-likeness (QED) is 0.757. The summed E-state index contributed by atoms with van der Waals surface area (Å²) in [6.07, 6.45) is 0.136. The molecule has 0 aromatic carbocycles. The predicted octanol–water partition coefficient (Wildman–Crippen LogP) is -0.202. The van der Waals surface area contributed by atoms with Crippen LogP contribution in [-0.4, -0.2) is 83.9 Å². The van der Waals surface area contributed by atoms with Crippen molar-refractivity contribution in [1.29, 1.82) is 0 Å². The molecule has 21 heavy (non-hydrogen) atoms. The fourth-order valence-electron chi connectivity index (χ4n) is 3.01. The lowest BCUT2D eigenvalue weighted by Crippen LogP contribution is -2.64. The van der Waals surface area contributed by atoms with Crippen LogP contribution in [0.15, 0.2) is 0 Å². The van der Waals surface area contributed by atoms with Gasteiger partial charge in [0, 0.05) is 26.2 Å². The average molecular weight is 300 g/mol. The molecule has 2 aliphatic heterocycles. The van der Waals surface area contributed by atoms with Crippen LogP contribution in [-0.2, 0) is 19.1 Å². The van der Waals surface area contributed by atoms with E-state index < -0.39 is 11.6 Å². The zero-order chi connectivity index (χ0) is 15.6. The Morgan fingerprint density at radius 2 is 1.86 bits per heavy atom. The number of ether oxygens (including phenoxy) is 2. The van der Waals surface area contributed by atoms with Crippen molar-refractivity contribution >= 4 is 11.9 Å². The SMILES string of the molecule is CC1CN(C(=O)CN2CC(C)(OCC(=O)O)C2)CC(C)O1. The van der Waals surface area contributed by atoms with Gasteiger partial charge in [0.05, 0.1) is 24.4 Å². The lowest BCUT2D eigenvalue weighted by molar-refractivity contribution is -0.169. The van der Waals surface area contributed by atoms with E-state index in [1.807, 2.05) is 30.6 Å². The van der Waals surface area contributed by atoms with Crippen LogP contribution >= 0.6 is 0 Å². The number of amides is 1. The topological polar surface area (TPSA) is 79.3 Å². The number of carbonyl (C=O) groups is 2. The van der Waals surface area contributed by atoms with Crippen molar-refractivity contribution in [2.45, 2.75) is 38.6 Å². The number of rotatable bonds is 5. The van der Waals surface area contributed by atoms with Gasteiger partial charge in [-0.25, -0.2) is 4.79 Å². The maximum atomic E-state index is 12.3. The maximum absolute atomic E-state index is 12.3. The number of nitrogens with zero attached hydrogens (tertiary/aromatic N) is 2. The predicted molar refractivity (Wildman–Crippen MR) is 75.0 cm³/mol. The minimum atomic E-state index is -0.970. The highest BCUT2D eigenvalue weighted by Crippen LogP contribution is 2.24. The molecule has 2 fully saturated rings. The number of hydrogen-bond donors (Lipinski definition) is 1. The Hall–Kier alpha value is -1.18. The highest BCUT2D eigenvalue weighted by Gasteiger charge is 2.41. The largest absolute Gasteiger partial charge is 0.480 e. The van der Waals surface area contributed by atoms with Gasteiger partial charge >= 0.3 is 5.97 Å². The first-order valence-electron chi connectivity index (χ1n) is 7.29. The molecule has 2 saturated heterocycles. The highest BCUT2D eigenvalue weighted by molar-refractivity contribution is 5.78. The molecule has 0 radical (unpaired) electrons. The standard InChI is InChI=1S/C14H24N2O5/c1-10-4-16(5-11(2)21-10)12(17)6-15-8-14(3,9-15)20-7-13(18)19/h10-11H,4-9H2,1-3H3,(H,18,19). The van der Waals surface area contributed by atoms with Crippen molar-refractivity contribution in [2.75, 3.05) is 39.3 Å². The molecule has 2 aliphatic rings. The normalized spacial score (nSPS) is 29.0. The zero-order valence-electron chi connectivity index (χ0n) is 12.9. The van der Waals surface area contributed by atoms with Gasteiger partial charge in [-0.2, -0.15) is 0 Å². The number of carboxylic acids is 1. The minimum absolute atomic E-state index is 0.0678. The van der Waals surface area contributed by atoms with E-state index in [1.54, 1.807) is 0 Å². The van der Waals surface area contributed by atoms with Crippen LogP contribution in [0.5, 0.6) is 0 Å². The Bertz CT molecular complexity index is 398. The second-order valence-electron chi connectivity index (χ2n) is 6.33. The summed E-state index contributed by atoms with van der Waals surface area (Å²) >= 11 is 0. The van der Waals surface area contributed by atoms with Crippen molar-refractivity contribution in [2.24, 2.45) is 0 Å². The molecule has 0 saturated carbocycles. The van der Waals surface area contributed by atoms with Crippen LogP contribution in [0.25, 0.3) is 0 Å². The molecule has 7 heteroatoms. The summed E-state index contributed by atoms with van der Waals surface area (Å²) in [5, 5.41) is 8.62. The molecule has 7 nitrogen and oxygen atoms in total. The molecule has 0 spiro atoms. The molecular formula is C14H24N2O5. The third-order valence-electron chi connectivity index (χ3n) is 3.79. The maximum Gasteiger partial charge on any atom is 0.329 e. The van der Waals surface area contributed by atoms with Gasteiger partial charge in [0.15, 0.2) is 0 Å². The summed E-state index contributed by atoms with van der Waals surface area (Å²) in [7, 11) is 0. The van der Waals surface area contributed by atoms with Gasteiger partial charge in [-0.3, -0.25) is 9.69 Å². The van der Waals surface area contributed by atoms with Crippen LogP contribution < -0.4 is 0 Å². The lowest BCUT2D eigenvalue weighted by Gasteiger charge is -2.47. The second-order valence-corrected chi connectivity index (χ2v) is 6.33. The Labute approximate surface area is 124 Å². The van der Waals surface area contributed by atoms with Crippen molar-refractivity contribution < 1.29 is 24.2 Å². The molecule has 0 aromatic heterocycles. The van der Waals surface area contributed by atoms with E-state index in [4.69, 9.17) is 14.6 Å². The fraction of sp³-hybridized carbons (Fsp3) is 0.857. The van der Waals surface area contributed by atoms with Gasteiger partial charge in [-0.15, -0.1) is 0 Å². The van der Waals surface area contributed by atoms with E-state index in [0.717, 1.165) is 0 Å². The number of morpholine rings is 1. The highest BCUT2D eigenvalue weighted by atomic mass is 16.5. The first kappa shape index (κ1) is 16.2. The van der Waals surface area contributed by atoms with Gasteiger partial charge in [0.2, 0.25) is 5.91 Å². The van der Waals surface area contributed by atoms with Crippen molar-refractivity contribution in [3.63, 3.8) is 0 Å². The smallest absolute Gasteiger partial charge is 0.329 e. The number of aliphatic carboxylic acids is 1. The number of carbonyl (C=O) groups excluding carboxylic acids is 1. The zero-order valence-corrected chi connectivity index (χ0v) is 12.9. The van der Waals surface area contributed by atoms with Gasteiger partial charge in [0.25, 0.3) is 0 Å². The third-order valence-corrected chi connectivity index (χ3v) is 3.79. The van der Waals surface area contributed by atoms with Crippen LogP contribution in [0, 0.1) is 0 Å². The monoisotopic (exact) mass is 300 g/mol. The Balaban J connectivity index is 1.74. The van der Waals surface area contributed by atoms with Gasteiger partial charge in [-0.05, 0) is 20.8 Å². The van der Waals surface area contributed by atoms with E-state index >= 15 is 0 Å². The summed E-state index contributed by atoms with van der Waals surface area (Å²) in [6.45, 7) is 8.29. The fourth-order valence-corrected chi connectivity index (χ4v) is 3.01. The summed E-state index contributed by atoms with van der Waals surface area (Å²) in [5.41, 5.74) is -0.454. The molecular weight excluding hydrogens is 276 g/mol. The van der Waals surface area contributed by atoms with E-state index in [-0.39, 0.29) is 24.7 Å². The van der Waals surface area contributed by atoms with E-state index in [1.165, 1.54) is 0 Å². The Morgan fingerprint density at radius 3 is 2.38 bits per heavy atom. The van der Waals surface area contributed by atoms with E-state index in [0.29, 0.717) is 32.7 Å². The average Bonchev–Trinajstić information content (AvgIpc) is 2.33. The molecule has 0 aromatic rings. The first-order chi connectivity index (χ1) is 9.77. The van der Waals surface area contributed by atoms with Gasteiger partial charge < -0.3 is 19.5 Å². The van der Waals surface area contributed by atoms with Crippen LogP contribution in [0.2, 0.25) is 0 Å². The van der Waals surface area contributed by atoms with Gasteiger partial charge in [-0.1, -0.05) is 0 Å². The molecule has 2 atom stereocenters. The third kappa shape index (κ3) is 4.39. The molecule has 2 unspecified atom stereocenters. The van der Waals surface area contributed by atoms with E-state index in [2.05, 4.69) is 0 Å². The number of carboxylic acid groups (broad SMARTS) is 1. The second kappa shape index (κ2) is 6.29. The van der Waals surface area contributed by atoms with Crippen LogP contribution in [0.3, 0.4) is 0 Å². The molecule has 2 rings (SSSR count). The van der Waals surface area contributed by atoms with Crippen molar-refractivity contribution in [3.05, 3.63) is 0 Å². The van der Waals surface area contributed by atoms with Crippen LogP contribution in [0.1, 0.15) is 20.8 Å². The number of likely N-dealkylation sites (tertiary alicyclic amines) is 1. The summed E-state index contributed by atoms with van der Waals surface area (Å²) in [6, 6.07) is 0. The summed E-state index contributed by atoms with van der Waals surface area (Å²) in [5.74, 6) is -0.876. The molecule has 0 aliphatic carbocycles. The van der Waals surface area contributed by atoms with Crippen molar-refractivity contribution in [1.82, 2.24) is 9.80 Å². The minimum Gasteiger partial charge on any atom is -0.480 e. The molecule has 0 bridgehead atoms. The summed E-state index contributed by atoms with van der Waals surface area (Å²) < 4.78 is 10.9. The first-order valence-corrected chi connectivity index (χ1v) is 7.29. The molecule has 1 amide bonds. The van der Waals surface area contributed by atoms with Crippen molar-refractivity contribution in [3.8, 4) is 0 Å².